The first kappa shape index (κ1) is 17.2. The Bertz CT molecular complexity index is 759. The number of halogens is 1. The number of ether oxygens (including phenoxy) is 1. The van der Waals surface area contributed by atoms with Gasteiger partial charge in [0.1, 0.15) is 18.2 Å². The van der Waals surface area contributed by atoms with Gasteiger partial charge in [0.2, 0.25) is 0 Å². The van der Waals surface area contributed by atoms with E-state index in [4.69, 9.17) is 4.74 Å². The maximum Gasteiger partial charge on any atom is 0.123 e. The molecule has 0 atom stereocenters. The Labute approximate surface area is 161 Å². The second kappa shape index (κ2) is 7.27. The van der Waals surface area contributed by atoms with Crippen molar-refractivity contribution in [3.8, 4) is 5.75 Å². The molecular formula is C24H28FNO. The number of benzene rings is 2. The van der Waals surface area contributed by atoms with Crippen LogP contribution in [0.25, 0.3) is 0 Å². The summed E-state index contributed by atoms with van der Waals surface area (Å²) in [6.07, 6.45) is 7.31. The lowest BCUT2D eigenvalue weighted by Crippen LogP contribution is -2.54. The summed E-state index contributed by atoms with van der Waals surface area (Å²) in [7, 11) is 0. The highest BCUT2D eigenvalue weighted by atomic mass is 19.1. The maximum atomic E-state index is 13.0. The molecule has 1 N–H and O–H groups in total. The molecule has 0 saturated heterocycles. The lowest BCUT2D eigenvalue weighted by Gasteiger charge is -2.54. The molecule has 2 nitrogen and oxygen atoms in total. The van der Waals surface area contributed by atoms with E-state index in [9.17, 15) is 4.39 Å². The Balaban J connectivity index is 1.18. The molecule has 2 aromatic carbocycles. The Hall–Kier alpha value is -1.87. The Morgan fingerprint density at radius 2 is 1.56 bits per heavy atom. The van der Waals surface area contributed by atoms with Gasteiger partial charge in [-0.3, -0.25) is 0 Å². The van der Waals surface area contributed by atoms with Gasteiger partial charge < -0.3 is 10.1 Å². The van der Waals surface area contributed by atoms with Crippen LogP contribution < -0.4 is 10.1 Å². The molecule has 0 unspecified atom stereocenters. The number of nitrogens with one attached hydrogen (secondary N) is 1. The topological polar surface area (TPSA) is 21.3 Å². The largest absolute Gasteiger partial charge is 0.489 e. The summed E-state index contributed by atoms with van der Waals surface area (Å²) in [5.41, 5.74) is 2.26. The van der Waals surface area contributed by atoms with Gasteiger partial charge in [-0.05, 0) is 91.2 Å². The van der Waals surface area contributed by atoms with Crippen LogP contribution in [0.4, 0.5) is 4.39 Å². The number of hydrogen-bond donors (Lipinski definition) is 1. The molecule has 2 aromatic rings. The normalized spacial score (nSPS) is 31.2. The van der Waals surface area contributed by atoms with Crippen LogP contribution >= 0.6 is 0 Å². The smallest absolute Gasteiger partial charge is 0.123 e. The fraction of sp³-hybridized carbons (Fsp3) is 0.500. The van der Waals surface area contributed by atoms with Gasteiger partial charge in [-0.2, -0.15) is 0 Å². The molecule has 4 bridgehead atoms. The van der Waals surface area contributed by atoms with E-state index in [0.29, 0.717) is 12.6 Å². The molecule has 27 heavy (non-hydrogen) atoms. The van der Waals surface area contributed by atoms with Crippen LogP contribution in [0.5, 0.6) is 5.75 Å². The van der Waals surface area contributed by atoms with Crippen molar-refractivity contribution >= 4 is 0 Å². The molecule has 0 aromatic heterocycles. The molecule has 0 aliphatic heterocycles. The van der Waals surface area contributed by atoms with Gasteiger partial charge in [-0.1, -0.05) is 24.3 Å². The van der Waals surface area contributed by atoms with Gasteiger partial charge in [-0.15, -0.1) is 0 Å². The minimum absolute atomic E-state index is 0.211. The van der Waals surface area contributed by atoms with Gasteiger partial charge in [-0.25, -0.2) is 4.39 Å². The van der Waals surface area contributed by atoms with E-state index >= 15 is 0 Å². The first-order valence-corrected chi connectivity index (χ1v) is 10.4. The summed E-state index contributed by atoms with van der Waals surface area (Å²) >= 11 is 0. The van der Waals surface area contributed by atoms with E-state index in [0.717, 1.165) is 41.5 Å². The molecule has 4 saturated carbocycles. The molecule has 142 valence electrons. The molecule has 4 fully saturated rings. The molecular weight excluding hydrogens is 337 g/mol. The summed E-state index contributed by atoms with van der Waals surface area (Å²) < 4.78 is 18.9. The van der Waals surface area contributed by atoms with Gasteiger partial charge in [0, 0.05) is 12.6 Å². The van der Waals surface area contributed by atoms with Crippen molar-refractivity contribution in [3.63, 3.8) is 0 Å². The molecule has 4 aliphatic rings. The van der Waals surface area contributed by atoms with Crippen LogP contribution in [0.3, 0.4) is 0 Å². The molecule has 0 amide bonds. The SMILES string of the molecule is Fc1ccc(COc2cccc(CNC3C4CC5CC(C4)CC3C5)c2)cc1. The van der Waals surface area contributed by atoms with Crippen LogP contribution in [0.1, 0.15) is 43.2 Å². The third-order valence-corrected chi connectivity index (χ3v) is 6.99. The maximum absolute atomic E-state index is 13.0. The minimum atomic E-state index is -0.211. The monoisotopic (exact) mass is 365 g/mol. The first-order chi connectivity index (χ1) is 13.2. The minimum Gasteiger partial charge on any atom is -0.489 e. The highest BCUT2D eigenvalue weighted by Gasteiger charge is 2.47. The lowest BCUT2D eigenvalue weighted by molar-refractivity contribution is -0.0142. The molecule has 4 aliphatic carbocycles. The van der Waals surface area contributed by atoms with Crippen molar-refractivity contribution in [2.75, 3.05) is 0 Å². The van der Waals surface area contributed by atoms with Crippen LogP contribution in [0.15, 0.2) is 48.5 Å². The molecule has 0 heterocycles. The highest BCUT2D eigenvalue weighted by Crippen LogP contribution is 2.53. The van der Waals surface area contributed by atoms with Gasteiger partial charge in [0.05, 0.1) is 0 Å². The zero-order valence-corrected chi connectivity index (χ0v) is 15.7. The van der Waals surface area contributed by atoms with Crippen molar-refractivity contribution in [1.29, 1.82) is 0 Å². The van der Waals surface area contributed by atoms with Crippen LogP contribution in [-0.2, 0) is 13.2 Å². The molecule has 6 rings (SSSR count). The second-order valence-corrected chi connectivity index (χ2v) is 8.90. The Morgan fingerprint density at radius 1 is 0.852 bits per heavy atom. The number of hydrogen-bond acceptors (Lipinski definition) is 2. The Morgan fingerprint density at radius 3 is 2.26 bits per heavy atom. The summed E-state index contributed by atoms with van der Waals surface area (Å²) in [4.78, 5) is 0. The van der Waals surface area contributed by atoms with Gasteiger partial charge in [0.25, 0.3) is 0 Å². The Kier molecular flexibility index (Phi) is 4.65. The van der Waals surface area contributed by atoms with Crippen LogP contribution in [-0.4, -0.2) is 6.04 Å². The zero-order valence-electron chi connectivity index (χ0n) is 15.7. The standard InChI is InChI=1S/C24H28FNO/c25-22-6-4-16(5-7-22)15-27-23-3-1-2-17(13-23)14-26-24-20-9-18-8-19(11-20)12-21(24)10-18/h1-7,13,18-21,24,26H,8-12,14-15H2. The van der Waals surface area contributed by atoms with Crippen LogP contribution in [0, 0.1) is 29.5 Å². The van der Waals surface area contributed by atoms with Gasteiger partial charge >= 0.3 is 0 Å². The van der Waals surface area contributed by atoms with Crippen molar-refractivity contribution in [2.45, 2.75) is 51.3 Å². The van der Waals surface area contributed by atoms with E-state index < -0.39 is 0 Å². The summed E-state index contributed by atoms with van der Waals surface area (Å²) in [5, 5.41) is 3.89. The third-order valence-electron chi connectivity index (χ3n) is 6.99. The fourth-order valence-corrected chi connectivity index (χ4v) is 5.99. The third kappa shape index (κ3) is 3.75. The second-order valence-electron chi connectivity index (χ2n) is 8.90. The van der Waals surface area contributed by atoms with E-state index in [1.165, 1.54) is 49.8 Å². The van der Waals surface area contributed by atoms with Crippen molar-refractivity contribution in [1.82, 2.24) is 5.32 Å². The first-order valence-electron chi connectivity index (χ1n) is 10.4. The fourth-order valence-electron chi connectivity index (χ4n) is 5.99. The van der Waals surface area contributed by atoms with Crippen LogP contribution in [0.2, 0.25) is 0 Å². The van der Waals surface area contributed by atoms with E-state index in [-0.39, 0.29) is 5.82 Å². The highest BCUT2D eigenvalue weighted by molar-refractivity contribution is 5.29. The van der Waals surface area contributed by atoms with E-state index in [1.807, 2.05) is 6.07 Å². The zero-order chi connectivity index (χ0) is 18.2. The predicted molar refractivity (Wildman–Crippen MR) is 105 cm³/mol. The molecule has 3 heteroatoms. The quantitative estimate of drug-likeness (QED) is 0.748. The summed E-state index contributed by atoms with van der Waals surface area (Å²) in [6.45, 7) is 1.38. The average molecular weight is 365 g/mol. The molecule has 0 spiro atoms. The van der Waals surface area contributed by atoms with E-state index in [2.05, 4.69) is 23.5 Å². The van der Waals surface area contributed by atoms with Crippen molar-refractivity contribution < 1.29 is 9.13 Å². The lowest BCUT2D eigenvalue weighted by atomic mass is 9.54. The predicted octanol–water partition coefficient (Wildman–Crippen LogP) is 5.32. The van der Waals surface area contributed by atoms with Crippen molar-refractivity contribution in [3.05, 3.63) is 65.5 Å². The average Bonchev–Trinajstić information content (AvgIpc) is 2.67. The summed E-state index contributed by atoms with van der Waals surface area (Å²) in [5.74, 6) is 4.51. The van der Waals surface area contributed by atoms with Gasteiger partial charge in [0.15, 0.2) is 0 Å². The van der Waals surface area contributed by atoms with E-state index in [1.54, 1.807) is 12.1 Å². The van der Waals surface area contributed by atoms with Crippen molar-refractivity contribution in [2.24, 2.45) is 23.7 Å². The molecule has 0 radical (unpaired) electrons. The summed E-state index contributed by atoms with van der Waals surface area (Å²) in [6, 6.07) is 15.6. The number of rotatable bonds is 6.